The molecule has 2 aromatic carbocycles. The van der Waals surface area contributed by atoms with Gasteiger partial charge >= 0.3 is 0 Å². The van der Waals surface area contributed by atoms with E-state index in [1.54, 1.807) is 45.9 Å². The van der Waals surface area contributed by atoms with Gasteiger partial charge in [-0.3, -0.25) is 4.79 Å². The Kier molecular flexibility index (Phi) is 6.28. The third-order valence-corrected chi connectivity index (χ3v) is 5.28. The number of benzene rings is 2. The second-order valence-electron chi connectivity index (χ2n) is 7.45. The summed E-state index contributed by atoms with van der Waals surface area (Å²) in [4.78, 5) is 12.5. The van der Waals surface area contributed by atoms with Gasteiger partial charge in [-0.1, -0.05) is 18.2 Å². The van der Waals surface area contributed by atoms with Crippen molar-refractivity contribution in [1.29, 1.82) is 0 Å². The Morgan fingerprint density at radius 2 is 1.74 bits per heavy atom. The molecular weight excluding hydrogens is 364 g/mol. The normalized spacial score (nSPS) is 13.1. The van der Waals surface area contributed by atoms with E-state index < -0.39 is 21.7 Å². The fourth-order valence-electron chi connectivity index (χ4n) is 2.39. The highest BCUT2D eigenvalue weighted by atomic mass is 32.2. The number of hydrogen-bond donors (Lipinski definition) is 2. The molecule has 0 bridgehead atoms. The molecule has 6 nitrogen and oxygen atoms in total. The average molecular weight is 391 g/mol. The van der Waals surface area contributed by atoms with Crippen molar-refractivity contribution in [2.75, 3.05) is 5.32 Å². The van der Waals surface area contributed by atoms with Crippen molar-refractivity contribution in [3.63, 3.8) is 0 Å². The number of carbonyl (C=O) groups is 1. The van der Waals surface area contributed by atoms with Crippen molar-refractivity contribution < 1.29 is 17.9 Å². The summed E-state index contributed by atoms with van der Waals surface area (Å²) in [6, 6.07) is 13.5. The molecule has 0 spiro atoms. The summed E-state index contributed by atoms with van der Waals surface area (Å²) in [5, 5.41) is 2.70. The Bertz CT molecular complexity index is 918. The van der Waals surface area contributed by atoms with E-state index in [9.17, 15) is 13.2 Å². The molecule has 0 heterocycles. The molecule has 146 valence electrons. The zero-order chi connectivity index (χ0) is 20.2. The van der Waals surface area contributed by atoms with Crippen molar-refractivity contribution in [1.82, 2.24) is 4.72 Å². The van der Waals surface area contributed by atoms with Crippen LogP contribution in [0.3, 0.4) is 0 Å². The van der Waals surface area contributed by atoms with Gasteiger partial charge in [-0.2, -0.15) is 0 Å². The summed E-state index contributed by atoms with van der Waals surface area (Å²) in [6.45, 7) is 8.87. The lowest BCUT2D eigenvalue weighted by atomic mass is 10.1. The number of aryl methyl sites for hydroxylation is 1. The van der Waals surface area contributed by atoms with Gasteiger partial charge in [-0.15, -0.1) is 0 Å². The van der Waals surface area contributed by atoms with E-state index in [0.29, 0.717) is 11.4 Å². The Morgan fingerprint density at radius 1 is 1.07 bits per heavy atom. The number of ether oxygens (including phenoxy) is 1. The van der Waals surface area contributed by atoms with Crippen LogP contribution in [0, 0.1) is 6.92 Å². The molecule has 2 N–H and O–H groups in total. The van der Waals surface area contributed by atoms with E-state index >= 15 is 0 Å². The fraction of sp³-hybridized carbons (Fsp3) is 0.350. The Hall–Kier alpha value is -2.38. The van der Waals surface area contributed by atoms with E-state index in [2.05, 4.69) is 10.0 Å². The molecule has 0 radical (unpaired) electrons. The molecule has 0 aliphatic heterocycles. The van der Waals surface area contributed by atoms with Crippen LogP contribution in [0.1, 0.15) is 33.3 Å². The first-order valence-electron chi connectivity index (χ1n) is 8.64. The predicted octanol–water partition coefficient (Wildman–Crippen LogP) is 3.48. The van der Waals surface area contributed by atoms with Crippen molar-refractivity contribution in [2.45, 2.75) is 51.2 Å². The molecule has 0 saturated carbocycles. The number of hydrogen-bond acceptors (Lipinski definition) is 4. The smallest absolute Gasteiger partial charge is 0.265 e. The van der Waals surface area contributed by atoms with Crippen LogP contribution in [-0.4, -0.2) is 26.0 Å². The van der Waals surface area contributed by atoms with Crippen molar-refractivity contribution in [3.8, 4) is 5.75 Å². The van der Waals surface area contributed by atoms with Crippen LogP contribution in [0.2, 0.25) is 0 Å². The van der Waals surface area contributed by atoms with Crippen molar-refractivity contribution in [2.24, 2.45) is 0 Å². The molecule has 0 aliphatic carbocycles. The highest BCUT2D eigenvalue weighted by molar-refractivity contribution is 7.89. The predicted molar refractivity (Wildman–Crippen MR) is 106 cm³/mol. The summed E-state index contributed by atoms with van der Waals surface area (Å²) in [6.07, 6.45) is -0.736. The van der Waals surface area contributed by atoms with Crippen LogP contribution in [0.25, 0.3) is 0 Å². The Labute approximate surface area is 161 Å². The van der Waals surface area contributed by atoms with Gasteiger partial charge in [-0.25, -0.2) is 13.1 Å². The third kappa shape index (κ3) is 6.37. The molecule has 7 heteroatoms. The zero-order valence-electron chi connectivity index (χ0n) is 16.2. The van der Waals surface area contributed by atoms with E-state index in [0.717, 1.165) is 5.56 Å². The lowest BCUT2D eigenvalue weighted by Gasteiger charge is -2.20. The molecule has 2 aromatic rings. The topological polar surface area (TPSA) is 84.5 Å². The van der Waals surface area contributed by atoms with Gasteiger partial charge in [-0.05, 0) is 70.5 Å². The number of anilines is 1. The lowest BCUT2D eigenvalue weighted by molar-refractivity contribution is -0.122. The summed E-state index contributed by atoms with van der Waals surface area (Å²) in [7, 11) is -3.68. The first-order chi connectivity index (χ1) is 12.5. The average Bonchev–Trinajstić information content (AvgIpc) is 2.53. The quantitative estimate of drug-likeness (QED) is 0.791. The van der Waals surface area contributed by atoms with Gasteiger partial charge in [0, 0.05) is 11.2 Å². The van der Waals surface area contributed by atoms with Gasteiger partial charge in [0.25, 0.3) is 5.91 Å². The maximum Gasteiger partial charge on any atom is 0.265 e. The third-order valence-electron chi connectivity index (χ3n) is 3.52. The SMILES string of the molecule is Cc1cccc(OC(C)C(=O)Nc2cccc(S(=O)(=O)NC(C)(C)C)c2)c1. The van der Waals surface area contributed by atoms with Crippen LogP contribution >= 0.6 is 0 Å². The second-order valence-corrected chi connectivity index (χ2v) is 9.13. The van der Waals surface area contributed by atoms with Gasteiger partial charge in [0.1, 0.15) is 5.75 Å². The van der Waals surface area contributed by atoms with Crippen molar-refractivity contribution >= 4 is 21.6 Å². The minimum absolute atomic E-state index is 0.0856. The molecule has 1 atom stereocenters. The number of amides is 1. The zero-order valence-corrected chi connectivity index (χ0v) is 17.1. The molecule has 1 amide bonds. The van der Waals surface area contributed by atoms with Crippen LogP contribution in [0.15, 0.2) is 53.4 Å². The standard InChI is InChI=1S/C20H26N2O4S/c1-14-8-6-10-17(12-14)26-15(2)19(23)21-16-9-7-11-18(13-16)27(24,25)22-20(3,4)5/h6-13,15,22H,1-5H3,(H,21,23). The highest BCUT2D eigenvalue weighted by Gasteiger charge is 2.22. The van der Waals surface area contributed by atoms with Gasteiger partial charge < -0.3 is 10.1 Å². The molecule has 27 heavy (non-hydrogen) atoms. The number of sulfonamides is 1. The fourth-order valence-corrected chi connectivity index (χ4v) is 3.86. The first-order valence-corrected chi connectivity index (χ1v) is 10.1. The largest absolute Gasteiger partial charge is 0.481 e. The maximum atomic E-state index is 12.4. The second kappa shape index (κ2) is 8.10. The minimum atomic E-state index is -3.68. The maximum absolute atomic E-state index is 12.4. The molecule has 2 rings (SSSR count). The Balaban J connectivity index is 2.10. The number of rotatable bonds is 6. The summed E-state index contributed by atoms with van der Waals surface area (Å²) >= 11 is 0. The molecular formula is C20H26N2O4S. The minimum Gasteiger partial charge on any atom is -0.481 e. The van der Waals surface area contributed by atoms with Crippen molar-refractivity contribution in [3.05, 3.63) is 54.1 Å². The first kappa shape index (κ1) is 20.9. The van der Waals surface area contributed by atoms with E-state index in [1.165, 1.54) is 12.1 Å². The summed E-state index contributed by atoms with van der Waals surface area (Å²) < 4.78 is 33.1. The lowest BCUT2D eigenvalue weighted by Crippen LogP contribution is -2.40. The summed E-state index contributed by atoms with van der Waals surface area (Å²) in [5.41, 5.74) is 0.815. The van der Waals surface area contributed by atoms with E-state index in [-0.39, 0.29) is 10.8 Å². The van der Waals surface area contributed by atoms with Crippen LogP contribution in [0.5, 0.6) is 5.75 Å². The van der Waals surface area contributed by atoms with Gasteiger partial charge in [0.05, 0.1) is 4.90 Å². The van der Waals surface area contributed by atoms with Crippen LogP contribution in [0.4, 0.5) is 5.69 Å². The highest BCUT2D eigenvalue weighted by Crippen LogP contribution is 2.19. The molecule has 1 unspecified atom stereocenters. The van der Waals surface area contributed by atoms with Gasteiger partial charge in [0.15, 0.2) is 6.10 Å². The van der Waals surface area contributed by atoms with Crippen LogP contribution in [-0.2, 0) is 14.8 Å². The molecule has 0 aliphatic rings. The molecule has 0 fully saturated rings. The number of carbonyl (C=O) groups excluding carboxylic acids is 1. The molecule has 0 aromatic heterocycles. The summed E-state index contributed by atoms with van der Waals surface area (Å²) in [5.74, 6) is 0.234. The Morgan fingerprint density at radius 3 is 2.37 bits per heavy atom. The number of nitrogens with one attached hydrogen (secondary N) is 2. The molecule has 0 saturated heterocycles. The van der Waals surface area contributed by atoms with Crippen LogP contribution < -0.4 is 14.8 Å². The monoisotopic (exact) mass is 390 g/mol. The van der Waals surface area contributed by atoms with E-state index in [1.807, 2.05) is 25.1 Å². The van der Waals surface area contributed by atoms with E-state index in [4.69, 9.17) is 4.74 Å². The van der Waals surface area contributed by atoms with Gasteiger partial charge in [0.2, 0.25) is 10.0 Å².